The molecule has 1 aliphatic heterocycles. The molecule has 0 radical (unpaired) electrons. The summed E-state index contributed by atoms with van der Waals surface area (Å²) < 4.78 is 31.7. The molecule has 1 aromatic rings. The van der Waals surface area contributed by atoms with Crippen LogP contribution >= 0.6 is 0 Å². The van der Waals surface area contributed by atoms with Gasteiger partial charge >= 0.3 is 0 Å². The third-order valence-electron chi connectivity index (χ3n) is 2.87. The normalized spacial score (nSPS) is 20.2. The van der Waals surface area contributed by atoms with Crippen LogP contribution in [0.4, 0.5) is 8.78 Å². The summed E-state index contributed by atoms with van der Waals surface area (Å²) >= 11 is 0. The number of rotatable bonds is 1. The molecule has 0 aliphatic carbocycles. The van der Waals surface area contributed by atoms with Gasteiger partial charge in [0.1, 0.15) is 0 Å². The van der Waals surface area contributed by atoms with Crippen LogP contribution in [-0.2, 0) is 10.3 Å². The molecule has 1 heterocycles. The Morgan fingerprint density at radius 2 is 1.87 bits per heavy atom. The standard InChI is InChI=1S/C11H13F2NO/c12-9-3-1-2-8(10(9)13)11(14)4-6-15-7-5-11/h1-3H,4-7,14H2. The minimum absolute atomic E-state index is 0.255. The number of halogens is 2. The summed E-state index contributed by atoms with van der Waals surface area (Å²) in [6.07, 6.45) is 1.04. The highest BCUT2D eigenvalue weighted by molar-refractivity contribution is 5.27. The van der Waals surface area contributed by atoms with Crippen molar-refractivity contribution < 1.29 is 13.5 Å². The van der Waals surface area contributed by atoms with Crippen molar-refractivity contribution in [2.24, 2.45) is 5.73 Å². The van der Waals surface area contributed by atoms with E-state index in [0.717, 1.165) is 6.07 Å². The number of hydrogen-bond acceptors (Lipinski definition) is 2. The molecule has 0 bridgehead atoms. The minimum atomic E-state index is -0.844. The first kappa shape index (κ1) is 10.5. The molecule has 1 fully saturated rings. The largest absolute Gasteiger partial charge is 0.381 e. The second-order valence-corrected chi connectivity index (χ2v) is 3.87. The maximum Gasteiger partial charge on any atom is 0.163 e. The first-order valence-electron chi connectivity index (χ1n) is 4.95. The van der Waals surface area contributed by atoms with Crippen LogP contribution in [0.5, 0.6) is 0 Å². The Kier molecular flexibility index (Phi) is 2.71. The molecule has 0 aromatic heterocycles. The van der Waals surface area contributed by atoms with E-state index < -0.39 is 17.2 Å². The molecule has 1 aliphatic rings. The van der Waals surface area contributed by atoms with Gasteiger partial charge in [0.25, 0.3) is 0 Å². The molecule has 2 N–H and O–H groups in total. The SMILES string of the molecule is NC1(c2cccc(F)c2F)CCOCC1. The monoisotopic (exact) mass is 213 g/mol. The summed E-state index contributed by atoms with van der Waals surface area (Å²) in [5.74, 6) is -1.68. The zero-order valence-electron chi connectivity index (χ0n) is 8.30. The van der Waals surface area contributed by atoms with Crippen molar-refractivity contribution in [2.75, 3.05) is 13.2 Å². The van der Waals surface area contributed by atoms with E-state index in [4.69, 9.17) is 10.5 Å². The smallest absolute Gasteiger partial charge is 0.163 e. The van der Waals surface area contributed by atoms with E-state index in [0.29, 0.717) is 26.1 Å². The number of benzene rings is 1. The molecule has 2 nitrogen and oxygen atoms in total. The fourth-order valence-corrected chi connectivity index (χ4v) is 1.89. The van der Waals surface area contributed by atoms with Gasteiger partial charge in [-0.2, -0.15) is 0 Å². The van der Waals surface area contributed by atoms with Crippen molar-refractivity contribution in [3.8, 4) is 0 Å². The molecule has 0 amide bonds. The van der Waals surface area contributed by atoms with Crippen LogP contribution in [-0.4, -0.2) is 13.2 Å². The van der Waals surface area contributed by atoms with Gasteiger partial charge < -0.3 is 10.5 Å². The molecule has 4 heteroatoms. The highest BCUT2D eigenvalue weighted by Gasteiger charge is 2.33. The average molecular weight is 213 g/mol. The fourth-order valence-electron chi connectivity index (χ4n) is 1.89. The van der Waals surface area contributed by atoms with Gasteiger partial charge in [-0.15, -0.1) is 0 Å². The second kappa shape index (κ2) is 3.87. The van der Waals surface area contributed by atoms with Gasteiger partial charge in [-0.1, -0.05) is 12.1 Å². The van der Waals surface area contributed by atoms with Crippen LogP contribution in [0, 0.1) is 11.6 Å². The third-order valence-corrected chi connectivity index (χ3v) is 2.87. The lowest BCUT2D eigenvalue weighted by atomic mass is 9.83. The first-order valence-corrected chi connectivity index (χ1v) is 4.95. The Bertz CT molecular complexity index is 362. The number of ether oxygens (including phenoxy) is 1. The van der Waals surface area contributed by atoms with Gasteiger partial charge in [-0.05, 0) is 18.9 Å². The predicted octanol–water partition coefficient (Wildman–Crippen LogP) is 1.93. The van der Waals surface area contributed by atoms with E-state index in [1.54, 1.807) is 6.07 Å². The Hall–Kier alpha value is -1.00. The number of nitrogens with two attached hydrogens (primary N) is 1. The highest BCUT2D eigenvalue weighted by atomic mass is 19.2. The predicted molar refractivity (Wildman–Crippen MR) is 52.3 cm³/mol. The van der Waals surface area contributed by atoms with E-state index in [-0.39, 0.29) is 5.56 Å². The van der Waals surface area contributed by atoms with Crippen LogP contribution in [0.2, 0.25) is 0 Å². The van der Waals surface area contributed by atoms with Crippen molar-refractivity contribution in [3.63, 3.8) is 0 Å². The lowest BCUT2D eigenvalue weighted by Crippen LogP contribution is -2.43. The zero-order valence-corrected chi connectivity index (χ0v) is 8.30. The summed E-state index contributed by atoms with van der Waals surface area (Å²) in [7, 11) is 0. The Labute approximate surface area is 87.0 Å². The Morgan fingerprint density at radius 3 is 2.53 bits per heavy atom. The van der Waals surface area contributed by atoms with E-state index in [1.807, 2.05) is 0 Å². The quantitative estimate of drug-likeness (QED) is 0.773. The summed E-state index contributed by atoms with van der Waals surface area (Å²) in [4.78, 5) is 0. The van der Waals surface area contributed by atoms with Gasteiger partial charge in [-0.25, -0.2) is 8.78 Å². The Balaban J connectivity index is 2.39. The van der Waals surface area contributed by atoms with Crippen LogP contribution in [0.1, 0.15) is 18.4 Å². The van der Waals surface area contributed by atoms with E-state index >= 15 is 0 Å². The highest BCUT2D eigenvalue weighted by Crippen LogP contribution is 2.31. The van der Waals surface area contributed by atoms with Crippen LogP contribution in [0.15, 0.2) is 18.2 Å². The molecule has 0 unspecified atom stereocenters. The molecular formula is C11H13F2NO. The van der Waals surface area contributed by atoms with Crippen molar-refractivity contribution >= 4 is 0 Å². The van der Waals surface area contributed by atoms with Gasteiger partial charge in [0, 0.05) is 24.3 Å². The average Bonchev–Trinajstić information content (AvgIpc) is 2.23. The zero-order chi connectivity index (χ0) is 10.9. The maximum atomic E-state index is 13.5. The van der Waals surface area contributed by atoms with E-state index in [9.17, 15) is 8.78 Å². The van der Waals surface area contributed by atoms with Crippen molar-refractivity contribution in [2.45, 2.75) is 18.4 Å². The van der Waals surface area contributed by atoms with Gasteiger partial charge in [0.15, 0.2) is 11.6 Å². The molecule has 0 saturated carbocycles. The lowest BCUT2D eigenvalue weighted by Gasteiger charge is -2.34. The van der Waals surface area contributed by atoms with Crippen LogP contribution in [0.25, 0.3) is 0 Å². The number of hydrogen-bond donors (Lipinski definition) is 1. The van der Waals surface area contributed by atoms with E-state index in [1.165, 1.54) is 6.07 Å². The molecule has 0 atom stereocenters. The maximum absolute atomic E-state index is 13.5. The summed E-state index contributed by atoms with van der Waals surface area (Å²) in [6, 6.07) is 4.13. The van der Waals surface area contributed by atoms with Crippen LogP contribution in [0.3, 0.4) is 0 Å². The van der Waals surface area contributed by atoms with Crippen LogP contribution < -0.4 is 5.73 Å². The lowest BCUT2D eigenvalue weighted by molar-refractivity contribution is 0.0508. The molecule has 2 rings (SSSR count). The van der Waals surface area contributed by atoms with Crippen molar-refractivity contribution in [3.05, 3.63) is 35.4 Å². The molecule has 1 saturated heterocycles. The summed E-state index contributed by atoms with van der Waals surface area (Å²) in [5.41, 5.74) is 5.53. The topological polar surface area (TPSA) is 35.2 Å². The van der Waals surface area contributed by atoms with Crippen molar-refractivity contribution in [1.82, 2.24) is 0 Å². The third kappa shape index (κ3) is 1.87. The molecular weight excluding hydrogens is 200 g/mol. The summed E-state index contributed by atoms with van der Waals surface area (Å²) in [6.45, 7) is 0.985. The fraction of sp³-hybridized carbons (Fsp3) is 0.455. The second-order valence-electron chi connectivity index (χ2n) is 3.87. The van der Waals surface area contributed by atoms with Gasteiger partial charge in [0.2, 0.25) is 0 Å². The van der Waals surface area contributed by atoms with Gasteiger partial charge in [-0.3, -0.25) is 0 Å². The Morgan fingerprint density at radius 1 is 1.20 bits per heavy atom. The molecule has 1 aromatic carbocycles. The minimum Gasteiger partial charge on any atom is -0.381 e. The summed E-state index contributed by atoms with van der Waals surface area (Å²) in [5, 5.41) is 0. The molecule has 0 spiro atoms. The van der Waals surface area contributed by atoms with E-state index in [2.05, 4.69) is 0 Å². The molecule has 15 heavy (non-hydrogen) atoms. The molecule has 82 valence electrons. The first-order chi connectivity index (χ1) is 7.13. The van der Waals surface area contributed by atoms with Gasteiger partial charge in [0.05, 0.1) is 0 Å². The van der Waals surface area contributed by atoms with Crippen molar-refractivity contribution in [1.29, 1.82) is 0 Å².